The number of ether oxygens (including phenoxy) is 1. The zero-order valence-electron chi connectivity index (χ0n) is 18.1. The summed E-state index contributed by atoms with van der Waals surface area (Å²) in [5.74, 6) is 0.772. The molecule has 156 valence electrons. The van der Waals surface area contributed by atoms with Gasteiger partial charge in [-0.3, -0.25) is 4.90 Å². The second-order valence-electron chi connectivity index (χ2n) is 7.15. The van der Waals surface area contributed by atoms with E-state index in [-0.39, 0.29) is 6.03 Å². The quantitative estimate of drug-likeness (QED) is 0.597. The van der Waals surface area contributed by atoms with E-state index in [1.165, 1.54) is 0 Å². The van der Waals surface area contributed by atoms with Crippen LogP contribution in [0, 0.1) is 11.3 Å². The van der Waals surface area contributed by atoms with Crippen LogP contribution in [0.4, 0.5) is 10.5 Å². The topological polar surface area (TPSA) is 74.9 Å². The summed E-state index contributed by atoms with van der Waals surface area (Å²) in [7, 11) is 1.65. The average Bonchev–Trinajstić information content (AvgIpc) is 3.08. The van der Waals surface area contributed by atoms with Crippen molar-refractivity contribution in [3.63, 3.8) is 0 Å². The number of methoxy groups -OCH3 is 1. The number of fused-ring (bicyclic) bond motifs is 1. The van der Waals surface area contributed by atoms with E-state index in [0.29, 0.717) is 18.7 Å². The predicted octanol–water partition coefficient (Wildman–Crippen LogP) is 4.26. The number of carbonyl (C=O) groups excluding carboxylic acids is 1. The number of primary amides is 1. The van der Waals surface area contributed by atoms with Gasteiger partial charge in [0.25, 0.3) is 0 Å². The molecule has 0 aliphatic carbocycles. The Morgan fingerprint density at radius 3 is 2.40 bits per heavy atom. The van der Waals surface area contributed by atoms with Crippen molar-refractivity contribution in [3.8, 4) is 23.1 Å². The molecular formula is C24H29N4O2+. The van der Waals surface area contributed by atoms with Crippen LogP contribution in [0.5, 0.6) is 5.75 Å². The molecule has 1 aromatic heterocycles. The van der Waals surface area contributed by atoms with Gasteiger partial charge in [0, 0.05) is 43.2 Å². The largest absolute Gasteiger partial charge is 0.497 e. The number of rotatable bonds is 7. The molecule has 0 unspecified atom stereocenters. The molecule has 2 N–H and O–H groups in total. The molecule has 0 atom stereocenters. The number of hydrogen-bond donors (Lipinski definition) is 1. The molecule has 0 radical (unpaired) electrons. The van der Waals surface area contributed by atoms with Crippen LogP contribution in [-0.4, -0.2) is 35.7 Å². The number of aromatic nitrogens is 1. The van der Waals surface area contributed by atoms with Crippen LogP contribution >= 0.6 is 0 Å². The highest BCUT2D eigenvalue weighted by Gasteiger charge is 2.20. The summed E-state index contributed by atoms with van der Waals surface area (Å²) in [6, 6.07) is 16.1. The molecule has 0 fully saturated rings. The van der Waals surface area contributed by atoms with Crippen molar-refractivity contribution in [2.45, 2.75) is 33.7 Å². The highest BCUT2D eigenvalue weighted by molar-refractivity contribution is 5.95. The Morgan fingerprint density at radius 1 is 1.13 bits per heavy atom. The second-order valence-corrected chi connectivity index (χ2v) is 7.15. The minimum atomic E-state index is 0.0117. The van der Waals surface area contributed by atoms with E-state index >= 15 is 0 Å². The number of urea groups is 1. The Morgan fingerprint density at radius 2 is 1.83 bits per heavy atom. The maximum absolute atomic E-state index is 12.4. The van der Waals surface area contributed by atoms with Crippen molar-refractivity contribution in [2.75, 3.05) is 20.2 Å². The number of carbonyl (C=O) groups is 1. The summed E-state index contributed by atoms with van der Waals surface area (Å²) < 4.78 is 7.59. The zero-order valence-corrected chi connectivity index (χ0v) is 18.1. The van der Waals surface area contributed by atoms with Gasteiger partial charge >= 0.3 is 6.03 Å². The van der Waals surface area contributed by atoms with Gasteiger partial charge in [-0.05, 0) is 50.1 Å². The lowest BCUT2D eigenvalue weighted by Crippen LogP contribution is -2.85. The van der Waals surface area contributed by atoms with Crippen LogP contribution < -0.4 is 10.1 Å². The Labute approximate surface area is 177 Å². The third-order valence-electron chi connectivity index (χ3n) is 5.38. The summed E-state index contributed by atoms with van der Waals surface area (Å²) >= 11 is 0. The van der Waals surface area contributed by atoms with Gasteiger partial charge < -0.3 is 9.30 Å². The molecule has 6 nitrogen and oxygen atoms in total. The first-order chi connectivity index (χ1) is 14.6. The SMILES string of the molecule is CCCn1c(-c2ccc([NH2+]C(=O)N(CC)CC)cc2)c(C#N)c2ccc(OC)cc21. The molecule has 2 aromatic carbocycles. The van der Waals surface area contributed by atoms with Gasteiger partial charge in [-0.1, -0.05) is 6.92 Å². The van der Waals surface area contributed by atoms with E-state index < -0.39 is 0 Å². The van der Waals surface area contributed by atoms with Gasteiger partial charge in [-0.15, -0.1) is 0 Å². The van der Waals surface area contributed by atoms with E-state index in [4.69, 9.17) is 4.74 Å². The van der Waals surface area contributed by atoms with Crippen LogP contribution in [0.2, 0.25) is 0 Å². The molecule has 0 bridgehead atoms. The molecule has 2 amide bonds. The van der Waals surface area contributed by atoms with Gasteiger partial charge in [0.2, 0.25) is 0 Å². The van der Waals surface area contributed by atoms with E-state index in [2.05, 4.69) is 17.6 Å². The Balaban J connectivity index is 2.04. The van der Waals surface area contributed by atoms with Crippen molar-refractivity contribution >= 4 is 22.6 Å². The number of benzene rings is 2. The highest BCUT2D eigenvalue weighted by atomic mass is 16.5. The minimum absolute atomic E-state index is 0.0117. The van der Waals surface area contributed by atoms with E-state index in [9.17, 15) is 10.1 Å². The van der Waals surface area contributed by atoms with Gasteiger partial charge in [-0.2, -0.15) is 5.26 Å². The van der Waals surface area contributed by atoms with Gasteiger partial charge in [-0.25, -0.2) is 10.1 Å². The Kier molecular flexibility index (Phi) is 6.76. The Hall–Kier alpha value is -3.30. The summed E-state index contributed by atoms with van der Waals surface area (Å²) in [4.78, 5) is 14.1. The molecule has 1 heterocycles. The average molecular weight is 406 g/mol. The number of amides is 2. The van der Waals surface area contributed by atoms with Gasteiger partial charge in [0.15, 0.2) is 0 Å². The third kappa shape index (κ3) is 4.03. The molecule has 0 aliphatic heterocycles. The third-order valence-corrected chi connectivity index (χ3v) is 5.38. The van der Waals surface area contributed by atoms with Crippen LogP contribution in [0.3, 0.4) is 0 Å². The van der Waals surface area contributed by atoms with Crippen molar-refractivity contribution in [3.05, 3.63) is 48.0 Å². The van der Waals surface area contributed by atoms with Crippen LogP contribution in [0.1, 0.15) is 32.8 Å². The number of nitrogens with two attached hydrogens (primary N) is 1. The molecule has 0 aliphatic rings. The summed E-state index contributed by atoms with van der Waals surface area (Å²) in [5, 5.41) is 12.5. The van der Waals surface area contributed by atoms with Crippen LogP contribution in [0.25, 0.3) is 22.2 Å². The fourth-order valence-electron chi connectivity index (χ4n) is 3.83. The van der Waals surface area contributed by atoms with Crippen LogP contribution in [-0.2, 0) is 6.54 Å². The fraction of sp³-hybridized carbons (Fsp3) is 0.333. The predicted molar refractivity (Wildman–Crippen MR) is 119 cm³/mol. The second kappa shape index (κ2) is 9.47. The molecular weight excluding hydrogens is 376 g/mol. The lowest BCUT2D eigenvalue weighted by Gasteiger charge is -2.15. The van der Waals surface area contributed by atoms with Crippen molar-refractivity contribution < 1.29 is 14.8 Å². The van der Waals surface area contributed by atoms with Crippen molar-refractivity contribution in [2.24, 2.45) is 0 Å². The maximum Gasteiger partial charge on any atom is 0.420 e. The first-order valence-corrected chi connectivity index (χ1v) is 10.4. The molecule has 6 heteroatoms. The fourth-order valence-corrected chi connectivity index (χ4v) is 3.83. The number of nitrogens with zero attached hydrogens (tertiary/aromatic N) is 3. The van der Waals surface area contributed by atoms with Crippen molar-refractivity contribution in [1.29, 1.82) is 5.26 Å². The monoisotopic (exact) mass is 405 g/mol. The smallest absolute Gasteiger partial charge is 0.420 e. The number of quaternary nitrogens is 1. The number of nitriles is 1. The van der Waals surface area contributed by atoms with Gasteiger partial charge in [0.05, 0.1) is 23.9 Å². The molecule has 3 aromatic rings. The lowest BCUT2D eigenvalue weighted by molar-refractivity contribution is -0.472. The zero-order chi connectivity index (χ0) is 21.7. The first kappa shape index (κ1) is 21.4. The van der Waals surface area contributed by atoms with E-state index in [1.807, 2.05) is 56.3 Å². The highest BCUT2D eigenvalue weighted by Crippen LogP contribution is 2.35. The summed E-state index contributed by atoms with van der Waals surface area (Å²) in [6.07, 6.45) is 0.948. The molecule has 0 saturated heterocycles. The molecule has 30 heavy (non-hydrogen) atoms. The summed E-state index contributed by atoms with van der Waals surface area (Å²) in [6.45, 7) is 8.26. The normalized spacial score (nSPS) is 10.8. The standard InChI is InChI=1S/C24H28N4O2/c1-5-14-28-22-15-19(30-4)12-13-20(22)21(16-25)23(28)17-8-10-18(11-9-17)26-24(29)27(6-2)7-3/h8-13,15H,5-7,14H2,1-4H3,(H,26,29)/p+1. The molecule has 3 rings (SSSR count). The first-order valence-electron chi connectivity index (χ1n) is 10.4. The number of aryl methyl sites for hydroxylation is 1. The summed E-state index contributed by atoms with van der Waals surface area (Å²) in [5.41, 5.74) is 4.38. The van der Waals surface area contributed by atoms with E-state index in [1.54, 1.807) is 17.3 Å². The minimum Gasteiger partial charge on any atom is -0.497 e. The van der Waals surface area contributed by atoms with E-state index in [0.717, 1.165) is 46.6 Å². The maximum atomic E-state index is 12.4. The molecule has 0 spiro atoms. The number of hydrogen-bond acceptors (Lipinski definition) is 3. The van der Waals surface area contributed by atoms with Gasteiger partial charge in [0.1, 0.15) is 17.5 Å². The lowest BCUT2D eigenvalue weighted by atomic mass is 10.1. The van der Waals surface area contributed by atoms with Crippen molar-refractivity contribution in [1.82, 2.24) is 9.47 Å². The van der Waals surface area contributed by atoms with Crippen LogP contribution in [0.15, 0.2) is 42.5 Å². The Bertz CT molecular complexity index is 1070. The molecule has 0 saturated carbocycles.